The van der Waals surface area contributed by atoms with Crippen molar-refractivity contribution < 1.29 is 4.79 Å². The molecule has 0 saturated carbocycles. The second-order valence-electron chi connectivity index (χ2n) is 3.89. The van der Waals surface area contributed by atoms with Crippen molar-refractivity contribution >= 4 is 5.78 Å². The number of carbonyl (C=O) groups is 1. The maximum atomic E-state index is 11.1. The maximum Gasteiger partial charge on any atom is 0.159 e. The summed E-state index contributed by atoms with van der Waals surface area (Å²) in [5.74, 6) is 0.127. The lowest BCUT2D eigenvalue weighted by molar-refractivity contribution is 0.101. The minimum Gasteiger partial charge on any atom is -0.295 e. The summed E-state index contributed by atoms with van der Waals surface area (Å²) >= 11 is 0. The molecule has 0 aliphatic heterocycles. The van der Waals surface area contributed by atoms with Crippen LogP contribution in [0.4, 0.5) is 0 Å². The molecule has 0 spiro atoms. The number of hydrogen-bond donors (Lipinski definition) is 0. The topological polar surface area (TPSA) is 17.1 Å². The van der Waals surface area contributed by atoms with Crippen molar-refractivity contribution in [2.45, 2.75) is 33.6 Å². The first kappa shape index (κ1) is 11.7. The molecule has 0 aliphatic carbocycles. The van der Waals surface area contributed by atoms with Crippen LogP contribution >= 0.6 is 0 Å². The minimum atomic E-state index is 0.127. The Balaban J connectivity index is 2.73. The second kappa shape index (κ2) is 5.50. The predicted octanol–water partition coefficient (Wildman–Crippen LogP) is 3.79. The summed E-state index contributed by atoms with van der Waals surface area (Å²) in [5.41, 5.74) is 3.44. The van der Waals surface area contributed by atoms with E-state index in [0.717, 1.165) is 18.4 Å². The number of hydrogen-bond acceptors (Lipinski definition) is 1. The molecule has 0 aromatic heterocycles. The van der Waals surface area contributed by atoms with Crippen LogP contribution in [0.25, 0.3) is 0 Å². The zero-order chi connectivity index (χ0) is 11.3. The van der Waals surface area contributed by atoms with Gasteiger partial charge >= 0.3 is 0 Å². The van der Waals surface area contributed by atoms with E-state index < -0.39 is 0 Å². The molecule has 0 bridgehead atoms. The summed E-state index contributed by atoms with van der Waals surface area (Å²) in [6.07, 6.45) is 4.29. The lowest BCUT2D eigenvalue weighted by Gasteiger charge is -2.02. The normalized spacial score (nSPS) is 11.5. The molecule has 1 rings (SSSR count). The largest absolute Gasteiger partial charge is 0.295 e. The van der Waals surface area contributed by atoms with Crippen LogP contribution in [0.1, 0.15) is 43.1 Å². The van der Waals surface area contributed by atoms with Crippen molar-refractivity contribution in [2.75, 3.05) is 0 Å². The lowest BCUT2D eigenvalue weighted by atomic mass is 10.0. The first-order valence-electron chi connectivity index (χ1n) is 5.39. The van der Waals surface area contributed by atoms with Crippen molar-refractivity contribution in [3.63, 3.8) is 0 Å². The van der Waals surface area contributed by atoms with Crippen LogP contribution in [0.3, 0.4) is 0 Å². The van der Waals surface area contributed by atoms with E-state index in [1.54, 1.807) is 6.92 Å². The van der Waals surface area contributed by atoms with Crippen LogP contribution in [0.5, 0.6) is 0 Å². The molecule has 1 nitrogen and oxygen atoms in total. The van der Waals surface area contributed by atoms with Gasteiger partial charge < -0.3 is 0 Å². The number of ketones is 1. The van der Waals surface area contributed by atoms with Crippen LogP contribution < -0.4 is 0 Å². The average Bonchev–Trinajstić information content (AvgIpc) is 2.18. The van der Waals surface area contributed by atoms with E-state index in [9.17, 15) is 4.79 Å². The number of allylic oxidation sites excluding steroid dienone is 2. The molecule has 1 heteroatoms. The number of carbonyl (C=O) groups excluding carboxylic acids is 1. The van der Waals surface area contributed by atoms with Gasteiger partial charge in [0.1, 0.15) is 0 Å². The molecule has 0 atom stereocenters. The molecule has 0 radical (unpaired) electrons. The van der Waals surface area contributed by atoms with Gasteiger partial charge in [0, 0.05) is 5.56 Å². The van der Waals surface area contributed by atoms with Crippen LogP contribution in [-0.2, 0) is 6.42 Å². The van der Waals surface area contributed by atoms with Gasteiger partial charge in [0.15, 0.2) is 5.78 Å². The van der Waals surface area contributed by atoms with Crippen LogP contribution in [0.2, 0.25) is 0 Å². The summed E-state index contributed by atoms with van der Waals surface area (Å²) in [6, 6.07) is 7.86. The fourth-order valence-corrected chi connectivity index (χ4v) is 1.60. The van der Waals surface area contributed by atoms with Gasteiger partial charge in [-0.05, 0) is 32.3 Å². The molecular weight excluding hydrogens is 184 g/mol. The van der Waals surface area contributed by atoms with Crippen LogP contribution in [0, 0.1) is 0 Å². The molecule has 0 fully saturated rings. The van der Waals surface area contributed by atoms with E-state index in [2.05, 4.69) is 19.9 Å². The molecule has 1 aromatic carbocycles. The first-order valence-corrected chi connectivity index (χ1v) is 5.39. The molecule has 0 saturated heterocycles. The summed E-state index contributed by atoms with van der Waals surface area (Å²) in [6.45, 7) is 5.88. The van der Waals surface area contributed by atoms with Crippen molar-refractivity contribution in [1.29, 1.82) is 0 Å². The zero-order valence-corrected chi connectivity index (χ0v) is 9.71. The van der Waals surface area contributed by atoms with E-state index in [1.165, 1.54) is 11.1 Å². The fraction of sp³-hybridized carbons (Fsp3) is 0.357. The average molecular weight is 202 g/mol. The summed E-state index contributed by atoms with van der Waals surface area (Å²) in [5, 5.41) is 0. The molecule has 15 heavy (non-hydrogen) atoms. The third-order valence-corrected chi connectivity index (χ3v) is 2.40. The number of benzene rings is 1. The molecule has 0 aliphatic rings. The Labute approximate surface area is 91.8 Å². The van der Waals surface area contributed by atoms with E-state index in [-0.39, 0.29) is 5.78 Å². The van der Waals surface area contributed by atoms with Crippen LogP contribution in [0.15, 0.2) is 35.9 Å². The third kappa shape index (κ3) is 3.70. The second-order valence-corrected chi connectivity index (χ2v) is 3.89. The van der Waals surface area contributed by atoms with Crippen molar-refractivity contribution in [1.82, 2.24) is 0 Å². The molecule has 0 heterocycles. The Bertz CT molecular complexity index is 357. The minimum absolute atomic E-state index is 0.127. The predicted molar refractivity (Wildman–Crippen MR) is 64.2 cm³/mol. The zero-order valence-electron chi connectivity index (χ0n) is 9.71. The first-order chi connectivity index (χ1) is 7.13. The highest BCUT2D eigenvalue weighted by molar-refractivity contribution is 5.94. The van der Waals surface area contributed by atoms with Crippen molar-refractivity contribution in [2.24, 2.45) is 0 Å². The SMILES string of the molecule is CC/C=C(/C)Cc1ccc(C(C)=O)cc1. The summed E-state index contributed by atoms with van der Waals surface area (Å²) in [7, 11) is 0. The fourth-order valence-electron chi connectivity index (χ4n) is 1.60. The monoisotopic (exact) mass is 202 g/mol. The smallest absolute Gasteiger partial charge is 0.159 e. The Morgan fingerprint density at radius 1 is 1.20 bits per heavy atom. The number of rotatable bonds is 4. The van der Waals surface area contributed by atoms with Gasteiger partial charge in [-0.25, -0.2) is 0 Å². The van der Waals surface area contributed by atoms with Gasteiger partial charge in [0.05, 0.1) is 0 Å². The Kier molecular flexibility index (Phi) is 4.29. The van der Waals surface area contributed by atoms with Crippen molar-refractivity contribution in [3.8, 4) is 0 Å². The Hall–Kier alpha value is -1.37. The standard InChI is InChI=1S/C14H18O/c1-4-5-11(2)10-13-6-8-14(9-7-13)12(3)15/h5-9H,4,10H2,1-3H3/b11-5-. The number of Topliss-reactive ketones (excluding diaryl/α,β-unsaturated/α-hetero) is 1. The summed E-state index contributed by atoms with van der Waals surface area (Å²) in [4.78, 5) is 11.1. The van der Waals surface area contributed by atoms with Gasteiger partial charge in [-0.2, -0.15) is 0 Å². The van der Waals surface area contributed by atoms with Crippen molar-refractivity contribution in [3.05, 3.63) is 47.0 Å². The molecule has 0 amide bonds. The quantitative estimate of drug-likeness (QED) is 0.536. The van der Waals surface area contributed by atoms with E-state index in [4.69, 9.17) is 0 Å². The Morgan fingerprint density at radius 3 is 2.27 bits per heavy atom. The van der Waals surface area contributed by atoms with Gasteiger partial charge in [-0.1, -0.05) is 42.8 Å². The molecule has 1 aromatic rings. The molecular formula is C14H18O. The highest BCUT2D eigenvalue weighted by atomic mass is 16.1. The molecule has 80 valence electrons. The summed E-state index contributed by atoms with van der Waals surface area (Å²) < 4.78 is 0. The molecule has 0 N–H and O–H groups in total. The maximum absolute atomic E-state index is 11.1. The highest BCUT2D eigenvalue weighted by Gasteiger charge is 1.99. The lowest BCUT2D eigenvalue weighted by Crippen LogP contribution is -1.93. The van der Waals surface area contributed by atoms with Gasteiger partial charge in [0.25, 0.3) is 0 Å². The van der Waals surface area contributed by atoms with Crippen LogP contribution in [-0.4, -0.2) is 5.78 Å². The van der Waals surface area contributed by atoms with E-state index in [1.807, 2.05) is 24.3 Å². The highest BCUT2D eigenvalue weighted by Crippen LogP contribution is 2.10. The van der Waals surface area contributed by atoms with E-state index in [0.29, 0.717) is 0 Å². The van der Waals surface area contributed by atoms with Gasteiger partial charge in [-0.3, -0.25) is 4.79 Å². The van der Waals surface area contributed by atoms with E-state index >= 15 is 0 Å². The molecule has 0 unspecified atom stereocenters. The third-order valence-electron chi connectivity index (χ3n) is 2.40. The Morgan fingerprint density at radius 2 is 1.80 bits per heavy atom. The van der Waals surface area contributed by atoms with Gasteiger partial charge in [-0.15, -0.1) is 0 Å². The van der Waals surface area contributed by atoms with Gasteiger partial charge in [0.2, 0.25) is 0 Å².